The van der Waals surface area contributed by atoms with E-state index in [1.807, 2.05) is 0 Å². The van der Waals surface area contributed by atoms with Crippen molar-refractivity contribution in [3.8, 4) is 0 Å². The van der Waals surface area contributed by atoms with Crippen LogP contribution in [-0.4, -0.2) is 37.5 Å². The summed E-state index contributed by atoms with van der Waals surface area (Å²) in [5.41, 5.74) is 0.690. The van der Waals surface area contributed by atoms with E-state index in [4.69, 9.17) is 11.6 Å². The van der Waals surface area contributed by atoms with Crippen molar-refractivity contribution < 1.29 is 13.5 Å². The third kappa shape index (κ3) is 3.11. The third-order valence-corrected chi connectivity index (χ3v) is 5.75. The number of hydrogen-bond donors (Lipinski definition) is 1. The number of aryl methyl sites for hydroxylation is 1. The van der Waals surface area contributed by atoms with Crippen LogP contribution in [0.2, 0.25) is 5.02 Å². The van der Waals surface area contributed by atoms with E-state index in [2.05, 4.69) is 0 Å². The normalized spacial score (nSPS) is 21.5. The van der Waals surface area contributed by atoms with Gasteiger partial charge < -0.3 is 5.11 Å². The first-order valence-corrected chi connectivity index (χ1v) is 8.14. The van der Waals surface area contributed by atoms with Crippen molar-refractivity contribution in [2.24, 2.45) is 5.92 Å². The second kappa shape index (κ2) is 5.79. The molecular weight excluding hydrogens is 286 g/mol. The zero-order valence-corrected chi connectivity index (χ0v) is 12.4. The number of aliphatic hydroxyl groups is 1. The fraction of sp³-hybridized carbons (Fsp3) is 0.538. The molecule has 1 unspecified atom stereocenters. The predicted octanol–water partition coefficient (Wildman–Crippen LogP) is 2.04. The van der Waals surface area contributed by atoms with Gasteiger partial charge in [-0.2, -0.15) is 4.31 Å². The largest absolute Gasteiger partial charge is 0.396 e. The Morgan fingerprint density at radius 1 is 1.47 bits per heavy atom. The van der Waals surface area contributed by atoms with Gasteiger partial charge in [-0.15, -0.1) is 0 Å². The fourth-order valence-corrected chi connectivity index (χ4v) is 4.43. The third-order valence-electron chi connectivity index (χ3n) is 3.51. The average molecular weight is 304 g/mol. The molecule has 4 nitrogen and oxygen atoms in total. The van der Waals surface area contributed by atoms with Crippen molar-refractivity contribution in [2.75, 3.05) is 19.7 Å². The molecule has 2 rings (SSSR count). The van der Waals surface area contributed by atoms with Crippen molar-refractivity contribution in [1.82, 2.24) is 4.31 Å². The minimum absolute atomic E-state index is 0.0283. The zero-order valence-electron chi connectivity index (χ0n) is 10.8. The maximum absolute atomic E-state index is 12.6. The molecule has 1 heterocycles. The van der Waals surface area contributed by atoms with E-state index in [1.54, 1.807) is 19.1 Å². The lowest BCUT2D eigenvalue weighted by molar-refractivity contribution is 0.165. The second-order valence-electron chi connectivity index (χ2n) is 4.96. The van der Waals surface area contributed by atoms with Gasteiger partial charge in [0.25, 0.3) is 0 Å². The van der Waals surface area contributed by atoms with Gasteiger partial charge in [0.05, 0.1) is 4.90 Å². The molecule has 1 N–H and O–H groups in total. The summed E-state index contributed by atoms with van der Waals surface area (Å²) in [6, 6.07) is 4.89. The monoisotopic (exact) mass is 303 g/mol. The Hall–Kier alpha value is -0.620. The molecule has 0 spiro atoms. The number of piperidine rings is 1. The Morgan fingerprint density at radius 2 is 2.21 bits per heavy atom. The lowest BCUT2D eigenvalue weighted by atomic mass is 10.0. The quantitative estimate of drug-likeness (QED) is 0.929. The molecule has 0 amide bonds. The van der Waals surface area contributed by atoms with E-state index in [0.29, 0.717) is 23.7 Å². The highest BCUT2D eigenvalue weighted by atomic mass is 35.5. The van der Waals surface area contributed by atoms with Crippen LogP contribution in [0.5, 0.6) is 0 Å². The lowest BCUT2D eigenvalue weighted by Crippen LogP contribution is -2.41. The van der Waals surface area contributed by atoms with Gasteiger partial charge in [0.2, 0.25) is 10.0 Å². The molecule has 0 radical (unpaired) electrons. The van der Waals surface area contributed by atoms with E-state index >= 15 is 0 Å². The molecule has 1 aliphatic heterocycles. The Morgan fingerprint density at radius 3 is 2.89 bits per heavy atom. The molecule has 1 aromatic rings. The Bertz CT molecular complexity index is 559. The van der Waals surface area contributed by atoms with Crippen molar-refractivity contribution in [3.63, 3.8) is 0 Å². The molecule has 1 aromatic carbocycles. The number of nitrogens with zero attached hydrogens (tertiary/aromatic N) is 1. The first kappa shape index (κ1) is 14.8. The van der Waals surface area contributed by atoms with Crippen LogP contribution in [0, 0.1) is 12.8 Å². The van der Waals surface area contributed by atoms with E-state index in [9.17, 15) is 13.5 Å². The lowest BCUT2D eigenvalue weighted by Gasteiger charge is -2.31. The van der Waals surface area contributed by atoms with E-state index in [0.717, 1.165) is 12.8 Å². The summed E-state index contributed by atoms with van der Waals surface area (Å²) in [7, 11) is -3.52. The maximum Gasteiger partial charge on any atom is 0.243 e. The number of sulfonamides is 1. The molecule has 0 aromatic heterocycles. The average Bonchev–Trinajstić information content (AvgIpc) is 2.41. The topological polar surface area (TPSA) is 57.6 Å². The highest BCUT2D eigenvalue weighted by molar-refractivity contribution is 7.89. The first-order valence-electron chi connectivity index (χ1n) is 6.32. The van der Waals surface area contributed by atoms with Crippen LogP contribution in [0.3, 0.4) is 0 Å². The predicted molar refractivity (Wildman–Crippen MR) is 74.8 cm³/mol. The van der Waals surface area contributed by atoms with E-state index in [-0.39, 0.29) is 17.4 Å². The van der Waals surface area contributed by atoms with Crippen molar-refractivity contribution >= 4 is 21.6 Å². The summed E-state index contributed by atoms with van der Waals surface area (Å²) in [6.07, 6.45) is 1.65. The molecular formula is C13H18ClNO3S. The highest BCUT2D eigenvalue weighted by Gasteiger charge is 2.30. The molecule has 0 saturated carbocycles. The van der Waals surface area contributed by atoms with E-state index < -0.39 is 10.0 Å². The number of halogens is 1. The maximum atomic E-state index is 12.6. The Kier molecular flexibility index (Phi) is 4.50. The van der Waals surface area contributed by atoms with Gasteiger partial charge in [-0.25, -0.2) is 8.42 Å². The van der Waals surface area contributed by atoms with Crippen LogP contribution in [0.1, 0.15) is 18.4 Å². The smallest absolute Gasteiger partial charge is 0.243 e. The van der Waals surface area contributed by atoms with Crippen LogP contribution >= 0.6 is 11.6 Å². The van der Waals surface area contributed by atoms with Crippen LogP contribution in [-0.2, 0) is 10.0 Å². The van der Waals surface area contributed by atoms with Gasteiger partial charge in [0.1, 0.15) is 0 Å². The number of rotatable bonds is 3. The zero-order chi connectivity index (χ0) is 14.0. The summed E-state index contributed by atoms with van der Waals surface area (Å²) in [5.74, 6) is 0.0306. The standard InChI is InChI=1S/C13H18ClNO3S/c1-10-4-5-12(14)7-13(10)19(17,18)15-6-2-3-11(8-15)9-16/h4-5,7,11,16H,2-3,6,8-9H2,1H3. The minimum atomic E-state index is -3.52. The molecule has 6 heteroatoms. The summed E-state index contributed by atoms with van der Waals surface area (Å²) < 4.78 is 26.7. The molecule has 0 aliphatic carbocycles. The summed E-state index contributed by atoms with van der Waals surface area (Å²) in [6.45, 7) is 2.67. The van der Waals surface area contributed by atoms with Gasteiger partial charge >= 0.3 is 0 Å². The van der Waals surface area contributed by atoms with Crippen molar-refractivity contribution in [2.45, 2.75) is 24.7 Å². The number of benzene rings is 1. The van der Waals surface area contributed by atoms with Crippen molar-refractivity contribution in [1.29, 1.82) is 0 Å². The molecule has 19 heavy (non-hydrogen) atoms. The van der Waals surface area contributed by atoms with E-state index in [1.165, 1.54) is 10.4 Å². The molecule has 1 aliphatic rings. The number of aliphatic hydroxyl groups excluding tert-OH is 1. The van der Waals surface area contributed by atoms with Crippen LogP contribution in [0.25, 0.3) is 0 Å². The first-order chi connectivity index (χ1) is 8.95. The Labute approximate surface area is 119 Å². The van der Waals surface area contributed by atoms with Crippen LogP contribution in [0.4, 0.5) is 0 Å². The SMILES string of the molecule is Cc1ccc(Cl)cc1S(=O)(=O)N1CCCC(CO)C1. The van der Waals surface area contributed by atoms with Gasteiger partial charge in [0, 0.05) is 24.7 Å². The second-order valence-corrected chi connectivity index (χ2v) is 7.31. The molecule has 1 fully saturated rings. The van der Waals surface area contributed by atoms with Crippen molar-refractivity contribution in [3.05, 3.63) is 28.8 Å². The van der Waals surface area contributed by atoms with Crippen LogP contribution in [0.15, 0.2) is 23.1 Å². The van der Waals surface area contributed by atoms with Gasteiger partial charge in [0.15, 0.2) is 0 Å². The summed E-state index contributed by atoms with van der Waals surface area (Å²) in [5, 5.41) is 9.62. The van der Waals surface area contributed by atoms with Gasteiger partial charge in [-0.1, -0.05) is 17.7 Å². The Balaban J connectivity index is 2.34. The molecule has 106 valence electrons. The summed E-state index contributed by atoms with van der Waals surface area (Å²) in [4.78, 5) is 0.263. The van der Waals surface area contributed by atoms with Gasteiger partial charge in [-0.05, 0) is 43.4 Å². The molecule has 1 atom stereocenters. The fourth-order valence-electron chi connectivity index (χ4n) is 2.39. The van der Waals surface area contributed by atoms with Gasteiger partial charge in [-0.3, -0.25) is 0 Å². The molecule has 1 saturated heterocycles. The summed E-state index contributed by atoms with van der Waals surface area (Å²) >= 11 is 5.89. The minimum Gasteiger partial charge on any atom is -0.396 e. The molecule has 0 bridgehead atoms. The number of hydrogen-bond acceptors (Lipinski definition) is 3. The highest BCUT2D eigenvalue weighted by Crippen LogP contribution is 2.27. The van der Waals surface area contributed by atoms with Crippen LogP contribution < -0.4 is 0 Å².